The monoisotopic (exact) mass is 496 g/mol. The Hall–Kier alpha value is -3.01. The summed E-state index contributed by atoms with van der Waals surface area (Å²) in [6, 6.07) is 15.8. The Morgan fingerprint density at radius 2 is 1.74 bits per heavy atom. The Morgan fingerprint density at radius 1 is 1.03 bits per heavy atom. The van der Waals surface area contributed by atoms with E-state index >= 15 is 0 Å². The van der Waals surface area contributed by atoms with Gasteiger partial charge in [0.25, 0.3) is 5.91 Å². The van der Waals surface area contributed by atoms with E-state index in [9.17, 15) is 18.0 Å². The van der Waals surface area contributed by atoms with Crippen molar-refractivity contribution in [2.75, 3.05) is 33.2 Å². The highest BCUT2D eigenvalue weighted by molar-refractivity contribution is 7.89. The number of carbonyl (C=O) groups is 1. The summed E-state index contributed by atoms with van der Waals surface area (Å²) in [5, 5.41) is 3.28. The normalized spacial score (nSPS) is 15.3. The quantitative estimate of drug-likeness (QED) is 0.499. The highest BCUT2D eigenvalue weighted by Crippen LogP contribution is 2.24. The maximum atomic E-state index is 13.3. The summed E-state index contributed by atoms with van der Waals surface area (Å²) >= 11 is 0. The maximum absolute atomic E-state index is 13.3. The number of sulfonamides is 1. The molecule has 0 aliphatic carbocycles. The number of carbonyl (C=O) groups excluding carboxylic acids is 1. The summed E-state index contributed by atoms with van der Waals surface area (Å²) in [4.78, 5) is 30.1. The molecule has 2 heterocycles. The van der Waals surface area contributed by atoms with Gasteiger partial charge >= 0.3 is 0 Å². The van der Waals surface area contributed by atoms with Crippen molar-refractivity contribution in [1.82, 2.24) is 19.5 Å². The molecule has 1 amide bonds. The lowest BCUT2D eigenvalue weighted by Crippen LogP contribution is -2.33. The summed E-state index contributed by atoms with van der Waals surface area (Å²) in [5.41, 5.74) is 1.37. The summed E-state index contributed by atoms with van der Waals surface area (Å²) in [6.07, 6.45) is 3.73. The first kappa shape index (κ1) is 25.1. The fourth-order valence-corrected chi connectivity index (χ4v) is 5.99. The summed E-state index contributed by atoms with van der Waals surface area (Å²) < 4.78 is 28.1. The van der Waals surface area contributed by atoms with E-state index < -0.39 is 21.5 Å². The molecule has 1 fully saturated rings. The predicted octanol–water partition coefficient (Wildman–Crippen LogP) is 2.95. The van der Waals surface area contributed by atoms with E-state index in [1.807, 2.05) is 25.2 Å². The number of fused-ring (bicyclic) bond motifs is 1. The van der Waals surface area contributed by atoms with E-state index in [2.05, 4.69) is 27.3 Å². The molecule has 186 valence electrons. The van der Waals surface area contributed by atoms with E-state index in [4.69, 9.17) is 0 Å². The van der Waals surface area contributed by atoms with Crippen molar-refractivity contribution in [3.05, 3.63) is 76.1 Å². The molecule has 2 N–H and O–H groups in total. The zero-order valence-electron chi connectivity index (χ0n) is 20.0. The summed E-state index contributed by atoms with van der Waals surface area (Å²) in [6.45, 7) is 2.76. The van der Waals surface area contributed by atoms with E-state index in [0.717, 1.165) is 32.2 Å². The van der Waals surface area contributed by atoms with E-state index in [-0.39, 0.29) is 10.5 Å². The number of aromatic amines is 1. The van der Waals surface area contributed by atoms with Crippen LogP contribution in [0.1, 0.15) is 41.6 Å². The third kappa shape index (κ3) is 6.17. The molecule has 4 rings (SSSR count). The van der Waals surface area contributed by atoms with Crippen LogP contribution in [0, 0.1) is 0 Å². The fraction of sp³-hybridized carbons (Fsp3) is 0.385. The van der Waals surface area contributed by atoms with Crippen LogP contribution in [-0.4, -0.2) is 61.7 Å². The molecule has 1 aliphatic heterocycles. The van der Waals surface area contributed by atoms with Crippen LogP contribution in [0.2, 0.25) is 0 Å². The first-order valence-corrected chi connectivity index (χ1v) is 13.5. The predicted molar refractivity (Wildman–Crippen MR) is 137 cm³/mol. The van der Waals surface area contributed by atoms with Gasteiger partial charge in [-0.05, 0) is 43.7 Å². The van der Waals surface area contributed by atoms with Gasteiger partial charge in [-0.25, -0.2) is 8.42 Å². The summed E-state index contributed by atoms with van der Waals surface area (Å²) in [5.74, 6) is -0.404. The number of pyridine rings is 1. The molecule has 0 saturated carbocycles. The highest BCUT2D eigenvalue weighted by atomic mass is 32.2. The van der Waals surface area contributed by atoms with Gasteiger partial charge in [-0.1, -0.05) is 43.2 Å². The van der Waals surface area contributed by atoms with Crippen LogP contribution in [0.5, 0.6) is 0 Å². The zero-order valence-corrected chi connectivity index (χ0v) is 20.8. The van der Waals surface area contributed by atoms with Crippen LogP contribution in [0.4, 0.5) is 0 Å². The fourth-order valence-electron chi connectivity index (χ4n) is 4.44. The molecule has 0 bridgehead atoms. The van der Waals surface area contributed by atoms with Gasteiger partial charge in [-0.2, -0.15) is 4.31 Å². The molecule has 1 aliphatic rings. The number of rotatable bonds is 8. The van der Waals surface area contributed by atoms with E-state index in [0.29, 0.717) is 37.1 Å². The average Bonchev–Trinajstić information content (AvgIpc) is 3.14. The number of aromatic nitrogens is 1. The average molecular weight is 497 g/mol. The lowest BCUT2D eigenvalue weighted by molar-refractivity contribution is 0.0951. The van der Waals surface area contributed by atoms with Gasteiger partial charge in [0, 0.05) is 49.7 Å². The van der Waals surface area contributed by atoms with Gasteiger partial charge in [0.2, 0.25) is 15.6 Å². The van der Waals surface area contributed by atoms with Gasteiger partial charge in [-0.3, -0.25) is 9.59 Å². The second kappa shape index (κ2) is 11.2. The zero-order chi connectivity index (χ0) is 24.8. The number of likely N-dealkylation sites (N-methyl/N-ethyl adjacent to an activating group) is 1. The molecule has 9 heteroatoms. The van der Waals surface area contributed by atoms with Crippen molar-refractivity contribution < 1.29 is 13.2 Å². The van der Waals surface area contributed by atoms with Crippen LogP contribution in [0.25, 0.3) is 10.9 Å². The number of H-pyrrole nitrogens is 1. The Balaban J connectivity index is 1.51. The third-order valence-corrected chi connectivity index (χ3v) is 8.23. The highest BCUT2D eigenvalue weighted by Gasteiger charge is 2.26. The number of nitrogens with zero attached hydrogens (tertiary/aromatic N) is 2. The molecule has 1 aromatic heterocycles. The van der Waals surface area contributed by atoms with Crippen LogP contribution in [0.15, 0.2) is 64.3 Å². The van der Waals surface area contributed by atoms with Crippen LogP contribution >= 0.6 is 0 Å². The van der Waals surface area contributed by atoms with Crippen LogP contribution in [0.3, 0.4) is 0 Å². The molecule has 3 aromatic rings. The van der Waals surface area contributed by atoms with Gasteiger partial charge in [0.15, 0.2) is 0 Å². The summed E-state index contributed by atoms with van der Waals surface area (Å²) in [7, 11) is -1.71. The van der Waals surface area contributed by atoms with Gasteiger partial charge < -0.3 is 15.2 Å². The lowest BCUT2D eigenvalue weighted by Gasteiger charge is -2.20. The molecule has 8 nitrogen and oxygen atoms in total. The van der Waals surface area contributed by atoms with Crippen molar-refractivity contribution in [1.29, 1.82) is 0 Å². The largest absolute Gasteiger partial charge is 0.351 e. The van der Waals surface area contributed by atoms with Gasteiger partial charge in [0.1, 0.15) is 0 Å². The number of amides is 1. The van der Waals surface area contributed by atoms with Crippen LogP contribution < -0.4 is 10.9 Å². The maximum Gasteiger partial charge on any atom is 0.252 e. The SMILES string of the molecule is CN(CCNC(=O)c1cc(=O)[nH]c2ccc(S(=O)(=O)N3CCCCCC3)cc12)Cc1ccccc1. The van der Waals surface area contributed by atoms with Crippen molar-refractivity contribution in [3.8, 4) is 0 Å². The minimum atomic E-state index is -3.68. The molecule has 2 aromatic carbocycles. The standard InChI is InChI=1S/C26H32N4O4S/c1-29(19-20-9-5-4-6-10-20)16-13-27-26(32)23-18-25(31)28-24-12-11-21(17-22(23)24)35(33,34)30-14-7-2-3-8-15-30/h4-6,9-12,17-18H,2-3,7-8,13-16,19H2,1H3,(H,27,32)(H,28,31). The van der Waals surface area contributed by atoms with Gasteiger partial charge in [0.05, 0.1) is 10.5 Å². The second-order valence-corrected chi connectivity index (χ2v) is 11.0. The van der Waals surface area contributed by atoms with Crippen molar-refractivity contribution in [2.45, 2.75) is 37.1 Å². The number of nitrogens with one attached hydrogen (secondary N) is 2. The Kier molecular flexibility index (Phi) is 8.00. The second-order valence-electron chi connectivity index (χ2n) is 9.05. The third-order valence-electron chi connectivity index (χ3n) is 6.34. The first-order chi connectivity index (χ1) is 16.8. The van der Waals surface area contributed by atoms with Crippen molar-refractivity contribution in [3.63, 3.8) is 0 Å². The van der Waals surface area contributed by atoms with E-state index in [1.54, 1.807) is 6.07 Å². The van der Waals surface area contributed by atoms with Gasteiger partial charge in [-0.15, -0.1) is 0 Å². The Morgan fingerprint density at radius 3 is 2.46 bits per heavy atom. The Labute approximate surface area is 206 Å². The number of benzene rings is 2. The lowest BCUT2D eigenvalue weighted by atomic mass is 10.1. The van der Waals surface area contributed by atoms with E-state index in [1.165, 1.54) is 28.1 Å². The molecule has 0 unspecified atom stereocenters. The molecule has 1 saturated heterocycles. The minimum Gasteiger partial charge on any atom is -0.351 e. The molecular weight excluding hydrogens is 464 g/mol. The topological polar surface area (TPSA) is 103 Å². The minimum absolute atomic E-state index is 0.135. The molecule has 35 heavy (non-hydrogen) atoms. The Bertz CT molecular complexity index is 1330. The molecule has 0 radical (unpaired) electrons. The van der Waals surface area contributed by atoms with Crippen molar-refractivity contribution in [2.24, 2.45) is 0 Å². The van der Waals surface area contributed by atoms with Crippen molar-refractivity contribution >= 4 is 26.8 Å². The first-order valence-electron chi connectivity index (χ1n) is 12.0. The molecule has 0 spiro atoms. The number of hydrogen-bond donors (Lipinski definition) is 2. The molecule has 0 atom stereocenters. The smallest absolute Gasteiger partial charge is 0.252 e. The van der Waals surface area contributed by atoms with Crippen LogP contribution in [-0.2, 0) is 16.6 Å². The molecular formula is C26H32N4O4S. The number of hydrogen-bond acceptors (Lipinski definition) is 5.